The predicted octanol–water partition coefficient (Wildman–Crippen LogP) is 1.79. The highest BCUT2D eigenvalue weighted by molar-refractivity contribution is 5.91. The van der Waals surface area contributed by atoms with Crippen LogP contribution < -0.4 is 10.1 Å². The molecule has 0 bridgehead atoms. The Bertz CT molecular complexity index is 589. The predicted molar refractivity (Wildman–Crippen MR) is 68.8 cm³/mol. The smallest absolute Gasteiger partial charge is 0.241 e. The molecule has 0 saturated heterocycles. The van der Waals surface area contributed by atoms with E-state index < -0.39 is 0 Å². The molecular formula is C12H12N4O3. The summed E-state index contributed by atoms with van der Waals surface area (Å²) in [7, 11) is 1.60. The van der Waals surface area contributed by atoms with Gasteiger partial charge in [0.25, 0.3) is 0 Å². The number of benzene rings is 1. The number of carbonyl (C=O) groups excluding carboxylic acids is 1. The second-order valence-corrected chi connectivity index (χ2v) is 3.65. The molecule has 7 heteroatoms. The Morgan fingerprint density at radius 2 is 2.11 bits per heavy atom. The summed E-state index contributed by atoms with van der Waals surface area (Å²) in [6, 6.07) is 7.32. The highest BCUT2D eigenvalue weighted by Gasteiger charge is 2.09. The molecule has 0 saturated carbocycles. The molecule has 0 fully saturated rings. The molecule has 1 aromatic heterocycles. The molecule has 1 heterocycles. The number of nitrogens with zero attached hydrogens (tertiary/aromatic N) is 3. The van der Waals surface area contributed by atoms with E-state index in [1.807, 2.05) is 24.3 Å². The van der Waals surface area contributed by atoms with Gasteiger partial charge in [0.15, 0.2) is 0 Å². The first-order valence-corrected chi connectivity index (χ1v) is 5.47. The van der Waals surface area contributed by atoms with Gasteiger partial charge in [-0.2, -0.15) is 0 Å². The highest BCUT2D eigenvalue weighted by atomic mass is 16.6. The van der Waals surface area contributed by atoms with Crippen LogP contribution in [0.3, 0.4) is 0 Å². The monoisotopic (exact) mass is 260 g/mol. The number of anilines is 1. The van der Waals surface area contributed by atoms with E-state index in [4.69, 9.17) is 4.74 Å². The third-order valence-corrected chi connectivity index (χ3v) is 2.22. The van der Waals surface area contributed by atoms with Crippen LogP contribution in [-0.4, -0.2) is 29.5 Å². The topological polar surface area (TPSA) is 89.6 Å². The first kappa shape index (κ1) is 12.7. The Morgan fingerprint density at radius 1 is 1.37 bits per heavy atom. The second kappa shape index (κ2) is 5.76. The van der Waals surface area contributed by atoms with Gasteiger partial charge in [0.05, 0.1) is 7.11 Å². The Labute approximate surface area is 109 Å². The van der Waals surface area contributed by atoms with Gasteiger partial charge in [-0.25, -0.2) is 9.62 Å². The summed E-state index contributed by atoms with van der Waals surface area (Å²) in [5.41, 5.74) is 0.859. The van der Waals surface area contributed by atoms with Crippen LogP contribution in [0, 0.1) is 0 Å². The second-order valence-electron chi connectivity index (χ2n) is 3.65. The minimum atomic E-state index is -0.267. The zero-order valence-corrected chi connectivity index (χ0v) is 10.5. The molecule has 2 aromatic rings. The molecule has 0 spiro atoms. The highest BCUT2D eigenvalue weighted by Crippen LogP contribution is 2.19. The van der Waals surface area contributed by atoms with Crippen LogP contribution in [0.25, 0.3) is 0 Å². The fourth-order valence-corrected chi connectivity index (χ4v) is 1.34. The van der Waals surface area contributed by atoms with Gasteiger partial charge in [-0.05, 0) is 40.1 Å². The van der Waals surface area contributed by atoms with Crippen molar-refractivity contribution in [3.8, 4) is 5.75 Å². The molecule has 19 heavy (non-hydrogen) atoms. The maximum Gasteiger partial charge on any atom is 0.241 e. The number of hydrogen-bond donors (Lipinski definition) is 1. The number of hydrogen-bond acceptors (Lipinski definition) is 6. The van der Waals surface area contributed by atoms with Gasteiger partial charge in [-0.1, -0.05) is 0 Å². The van der Waals surface area contributed by atoms with Crippen LogP contribution >= 0.6 is 0 Å². The van der Waals surface area contributed by atoms with Crippen molar-refractivity contribution >= 4 is 23.8 Å². The number of aliphatic imine (C=N–C) groups is 1. The summed E-state index contributed by atoms with van der Waals surface area (Å²) in [5, 5.41) is 9.61. The number of nitrogens with one attached hydrogen (secondary N) is 1. The van der Waals surface area contributed by atoms with Crippen molar-refractivity contribution in [2.24, 2.45) is 4.99 Å². The van der Waals surface area contributed by atoms with Crippen LogP contribution in [0.5, 0.6) is 5.75 Å². The van der Waals surface area contributed by atoms with E-state index in [-0.39, 0.29) is 17.5 Å². The molecule has 98 valence electrons. The average Bonchev–Trinajstić information content (AvgIpc) is 2.83. The Hall–Kier alpha value is -2.70. The molecule has 2 rings (SSSR count). The summed E-state index contributed by atoms with van der Waals surface area (Å²) in [6.07, 6.45) is 1.59. The molecule has 1 amide bonds. The third kappa shape index (κ3) is 3.38. The van der Waals surface area contributed by atoms with E-state index in [1.165, 1.54) is 6.92 Å². The number of carbonyl (C=O) groups is 1. The fraction of sp³-hybridized carbons (Fsp3) is 0.167. The van der Waals surface area contributed by atoms with Crippen molar-refractivity contribution in [3.63, 3.8) is 0 Å². The largest absolute Gasteiger partial charge is 0.497 e. The normalized spacial score (nSPS) is 10.6. The molecule has 0 aliphatic heterocycles. The molecule has 0 aliphatic carbocycles. The van der Waals surface area contributed by atoms with E-state index in [1.54, 1.807) is 13.3 Å². The molecule has 0 radical (unpaired) electrons. The molecule has 0 atom stereocenters. The van der Waals surface area contributed by atoms with E-state index in [0.29, 0.717) is 0 Å². The van der Waals surface area contributed by atoms with Gasteiger partial charge < -0.3 is 10.1 Å². The minimum Gasteiger partial charge on any atom is -0.497 e. The lowest BCUT2D eigenvalue weighted by Gasteiger charge is -1.98. The summed E-state index contributed by atoms with van der Waals surface area (Å²) < 4.78 is 9.58. The van der Waals surface area contributed by atoms with Gasteiger partial charge in [0.1, 0.15) is 5.75 Å². The van der Waals surface area contributed by atoms with Crippen molar-refractivity contribution < 1.29 is 14.2 Å². The Kier molecular flexibility index (Phi) is 3.87. The summed E-state index contributed by atoms with van der Waals surface area (Å²) >= 11 is 0. The zero-order valence-electron chi connectivity index (χ0n) is 10.5. The Balaban J connectivity index is 2.13. The quantitative estimate of drug-likeness (QED) is 0.846. The fourth-order valence-electron chi connectivity index (χ4n) is 1.34. The van der Waals surface area contributed by atoms with Crippen LogP contribution in [0.4, 0.5) is 11.6 Å². The number of aromatic nitrogens is 2. The van der Waals surface area contributed by atoms with Crippen molar-refractivity contribution in [3.05, 3.63) is 29.8 Å². The lowest BCUT2D eigenvalue weighted by atomic mass is 10.2. The van der Waals surface area contributed by atoms with Gasteiger partial charge in [-0.3, -0.25) is 4.79 Å². The number of ether oxygens (including phenoxy) is 1. The maximum absolute atomic E-state index is 10.9. The third-order valence-electron chi connectivity index (χ3n) is 2.22. The molecule has 1 N–H and O–H groups in total. The van der Waals surface area contributed by atoms with Crippen LogP contribution in [-0.2, 0) is 4.79 Å². The number of methoxy groups -OCH3 is 1. The van der Waals surface area contributed by atoms with Crippen molar-refractivity contribution in [2.45, 2.75) is 6.92 Å². The minimum absolute atomic E-state index is 0.192. The molecule has 0 aliphatic rings. The first-order valence-electron chi connectivity index (χ1n) is 5.47. The summed E-state index contributed by atoms with van der Waals surface area (Å²) in [6.45, 7) is 1.37. The van der Waals surface area contributed by atoms with Crippen LogP contribution in [0.2, 0.25) is 0 Å². The average molecular weight is 260 g/mol. The molecule has 1 aromatic carbocycles. The zero-order chi connectivity index (χ0) is 13.7. The van der Waals surface area contributed by atoms with Gasteiger partial charge in [0, 0.05) is 13.1 Å². The van der Waals surface area contributed by atoms with Crippen molar-refractivity contribution in [1.29, 1.82) is 0 Å². The van der Waals surface area contributed by atoms with E-state index >= 15 is 0 Å². The van der Waals surface area contributed by atoms with E-state index in [2.05, 4.69) is 25.3 Å². The summed E-state index contributed by atoms with van der Waals surface area (Å²) in [4.78, 5) is 15.0. The number of rotatable bonds is 4. The van der Waals surface area contributed by atoms with Crippen LogP contribution in [0.1, 0.15) is 12.5 Å². The standard InChI is InChI=1S/C12H12N4O3/c1-8(17)14-12-11(15-19-16-12)13-7-9-3-5-10(18-2)6-4-9/h3-7H,1-2H3,(H,14,16,17). The SMILES string of the molecule is COc1ccc(C=Nc2nonc2NC(C)=O)cc1. The van der Waals surface area contributed by atoms with Gasteiger partial charge in [-0.15, -0.1) is 0 Å². The summed E-state index contributed by atoms with van der Waals surface area (Å²) in [5.74, 6) is 0.902. The van der Waals surface area contributed by atoms with Crippen molar-refractivity contribution in [1.82, 2.24) is 10.3 Å². The van der Waals surface area contributed by atoms with Crippen LogP contribution in [0.15, 0.2) is 33.9 Å². The first-order chi connectivity index (χ1) is 9.19. The molecule has 7 nitrogen and oxygen atoms in total. The van der Waals surface area contributed by atoms with Gasteiger partial charge in [0.2, 0.25) is 17.5 Å². The Morgan fingerprint density at radius 3 is 2.74 bits per heavy atom. The van der Waals surface area contributed by atoms with E-state index in [0.717, 1.165) is 11.3 Å². The van der Waals surface area contributed by atoms with Gasteiger partial charge >= 0.3 is 0 Å². The lowest BCUT2D eigenvalue weighted by Crippen LogP contribution is -2.05. The van der Waals surface area contributed by atoms with E-state index in [9.17, 15) is 4.79 Å². The molecule has 0 unspecified atom stereocenters. The lowest BCUT2D eigenvalue weighted by molar-refractivity contribution is -0.114. The maximum atomic E-state index is 10.9. The number of amides is 1. The van der Waals surface area contributed by atoms with Crippen molar-refractivity contribution in [2.75, 3.05) is 12.4 Å². The molecular weight excluding hydrogens is 248 g/mol.